The van der Waals surface area contributed by atoms with E-state index in [-0.39, 0.29) is 11.9 Å². The second-order valence-corrected chi connectivity index (χ2v) is 4.29. The maximum atomic E-state index is 11.0. The molecule has 6 nitrogen and oxygen atoms in total. The summed E-state index contributed by atoms with van der Waals surface area (Å²) in [6, 6.07) is 1.75. The molecule has 1 unspecified atom stereocenters. The van der Waals surface area contributed by atoms with E-state index in [9.17, 15) is 4.79 Å². The van der Waals surface area contributed by atoms with Gasteiger partial charge in [0.05, 0.1) is 6.04 Å². The molecule has 1 aromatic heterocycles. The first-order valence-corrected chi connectivity index (χ1v) is 6.11. The summed E-state index contributed by atoms with van der Waals surface area (Å²) in [5.41, 5.74) is 5.65. The van der Waals surface area contributed by atoms with Crippen molar-refractivity contribution in [2.24, 2.45) is 0 Å². The molecule has 0 spiro atoms. The van der Waals surface area contributed by atoms with Gasteiger partial charge in [0.2, 0.25) is 5.91 Å². The van der Waals surface area contributed by atoms with Crippen molar-refractivity contribution in [1.29, 1.82) is 0 Å². The Morgan fingerprint density at radius 2 is 2.44 bits per heavy atom. The van der Waals surface area contributed by atoms with Crippen LogP contribution in [0.25, 0.3) is 0 Å². The zero-order valence-electron chi connectivity index (χ0n) is 8.86. The SMILES string of the molecule is CSc1nc(N)cc(NC2CNC(=O)C2)n1. The van der Waals surface area contributed by atoms with E-state index in [4.69, 9.17) is 5.73 Å². The third-order valence-corrected chi connectivity index (χ3v) is 2.79. The second-order valence-electron chi connectivity index (χ2n) is 3.51. The van der Waals surface area contributed by atoms with Gasteiger partial charge in [0.15, 0.2) is 5.16 Å². The minimum absolute atomic E-state index is 0.0598. The minimum atomic E-state index is 0.0598. The molecule has 1 aliphatic heterocycles. The number of aromatic nitrogens is 2. The number of carbonyl (C=O) groups excluding carboxylic acids is 1. The molecular formula is C9H13N5OS. The van der Waals surface area contributed by atoms with Gasteiger partial charge in [-0.3, -0.25) is 4.79 Å². The molecule has 1 aliphatic rings. The summed E-state index contributed by atoms with van der Waals surface area (Å²) in [5.74, 6) is 1.15. The van der Waals surface area contributed by atoms with Crippen molar-refractivity contribution in [2.75, 3.05) is 23.9 Å². The normalized spacial score (nSPS) is 19.6. The number of nitrogens with zero attached hydrogens (tertiary/aromatic N) is 2. The summed E-state index contributed by atoms with van der Waals surface area (Å²) in [6.45, 7) is 0.622. The molecule has 2 rings (SSSR count). The molecule has 4 N–H and O–H groups in total. The number of nitrogens with one attached hydrogen (secondary N) is 2. The van der Waals surface area contributed by atoms with Crippen molar-refractivity contribution in [3.8, 4) is 0 Å². The number of amides is 1. The number of carbonyl (C=O) groups is 1. The van der Waals surface area contributed by atoms with Gasteiger partial charge in [-0.25, -0.2) is 9.97 Å². The van der Waals surface area contributed by atoms with Gasteiger partial charge in [-0.1, -0.05) is 11.8 Å². The molecule has 86 valence electrons. The van der Waals surface area contributed by atoms with Crippen molar-refractivity contribution < 1.29 is 4.79 Å². The lowest BCUT2D eigenvalue weighted by Crippen LogP contribution is -2.23. The molecule has 1 atom stereocenters. The smallest absolute Gasteiger partial charge is 0.222 e. The molecule has 0 saturated carbocycles. The topological polar surface area (TPSA) is 92.9 Å². The number of rotatable bonds is 3. The van der Waals surface area contributed by atoms with Crippen LogP contribution in [0.15, 0.2) is 11.2 Å². The highest BCUT2D eigenvalue weighted by atomic mass is 32.2. The Balaban J connectivity index is 2.08. The highest BCUT2D eigenvalue weighted by molar-refractivity contribution is 7.98. The van der Waals surface area contributed by atoms with Gasteiger partial charge in [-0.05, 0) is 6.26 Å². The van der Waals surface area contributed by atoms with E-state index >= 15 is 0 Å². The van der Waals surface area contributed by atoms with Gasteiger partial charge in [0, 0.05) is 19.0 Å². The lowest BCUT2D eigenvalue weighted by molar-refractivity contribution is -0.119. The quantitative estimate of drug-likeness (QED) is 0.511. The summed E-state index contributed by atoms with van der Waals surface area (Å²) in [4.78, 5) is 19.3. The Morgan fingerprint density at radius 1 is 1.62 bits per heavy atom. The van der Waals surface area contributed by atoms with Crippen molar-refractivity contribution >= 4 is 29.3 Å². The Hall–Kier alpha value is -1.50. The average molecular weight is 239 g/mol. The molecule has 1 aromatic rings. The largest absolute Gasteiger partial charge is 0.383 e. The molecule has 7 heteroatoms. The van der Waals surface area contributed by atoms with E-state index in [1.165, 1.54) is 11.8 Å². The van der Waals surface area contributed by atoms with Gasteiger partial charge < -0.3 is 16.4 Å². The summed E-state index contributed by atoms with van der Waals surface area (Å²) in [5, 5.41) is 6.54. The lowest BCUT2D eigenvalue weighted by Gasteiger charge is -2.11. The van der Waals surface area contributed by atoms with Crippen LogP contribution in [0, 0.1) is 0 Å². The standard InChI is InChI=1S/C9H13N5OS/c1-16-9-13-6(10)3-7(14-9)12-5-2-8(15)11-4-5/h3,5H,2,4H2,1H3,(H,11,15)(H3,10,12,13,14). The molecule has 1 amide bonds. The van der Waals surface area contributed by atoms with Crippen LogP contribution in [0.3, 0.4) is 0 Å². The fraction of sp³-hybridized carbons (Fsp3) is 0.444. The molecule has 0 bridgehead atoms. The summed E-state index contributed by atoms with van der Waals surface area (Å²) in [6.07, 6.45) is 2.36. The average Bonchev–Trinajstić information content (AvgIpc) is 2.63. The molecular weight excluding hydrogens is 226 g/mol. The van der Waals surface area contributed by atoms with Crippen molar-refractivity contribution in [2.45, 2.75) is 17.6 Å². The second kappa shape index (κ2) is 4.56. The van der Waals surface area contributed by atoms with Gasteiger partial charge in [0.1, 0.15) is 11.6 Å². The Kier molecular flexibility index (Phi) is 3.14. The molecule has 0 radical (unpaired) electrons. The fourth-order valence-electron chi connectivity index (χ4n) is 1.52. The Labute approximate surface area is 97.4 Å². The maximum absolute atomic E-state index is 11.0. The van der Waals surface area contributed by atoms with E-state index in [1.54, 1.807) is 6.07 Å². The monoisotopic (exact) mass is 239 g/mol. The van der Waals surface area contributed by atoms with Crippen molar-refractivity contribution in [1.82, 2.24) is 15.3 Å². The van der Waals surface area contributed by atoms with Gasteiger partial charge in [-0.2, -0.15) is 0 Å². The van der Waals surface area contributed by atoms with E-state index in [0.29, 0.717) is 29.8 Å². The van der Waals surface area contributed by atoms with Crippen LogP contribution in [0.5, 0.6) is 0 Å². The number of thioether (sulfide) groups is 1. The van der Waals surface area contributed by atoms with E-state index in [0.717, 1.165) is 0 Å². The number of nitrogens with two attached hydrogens (primary N) is 1. The van der Waals surface area contributed by atoms with E-state index < -0.39 is 0 Å². The number of hydrogen-bond donors (Lipinski definition) is 3. The van der Waals surface area contributed by atoms with Crippen LogP contribution >= 0.6 is 11.8 Å². The molecule has 1 fully saturated rings. The predicted octanol–water partition coefficient (Wildman–Crippen LogP) is 0.0811. The summed E-state index contributed by atoms with van der Waals surface area (Å²) in [7, 11) is 0. The minimum Gasteiger partial charge on any atom is -0.383 e. The third kappa shape index (κ3) is 2.54. The van der Waals surface area contributed by atoms with Crippen LogP contribution in [0.2, 0.25) is 0 Å². The van der Waals surface area contributed by atoms with Gasteiger partial charge in [-0.15, -0.1) is 0 Å². The fourth-order valence-corrected chi connectivity index (χ4v) is 1.91. The number of nitrogen functional groups attached to an aromatic ring is 1. The Morgan fingerprint density at radius 3 is 3.06 bits per heavy atom. The first-order valence-electron chi connectivity index (χ1n) is 4.89. The lowest BCUT2D eigenvalue weighted by atomic mass is 10.2. The van der Waals surface area contributed by atoms with Crippen LogP contribution < -0.4 is 16.4 Å². The van der Waals surface area contributed by atoms with E-state index in [2.05, 4.69) is 20.6 Å². The van der Waals surface area contributed by atoms with Crippen LogP contribution in [-0.4, -0.2) is 34.7 Å². The summed E-state index contributed by atoms with van der Waals surface area (Å²) < 4.78 is 0. The first-order chi connectivity index (χ1) is 7.67. The number of anilines is 2. The molecule has 0 aromatic carbocycles. The molecule has 1 saturated heterocycles. The molecule has 16 heavy (non-hydrogen) atoms. The highest BCUT2D eigenvalue weighted by Gasteiger charge is 2.21. The van der Waals surface area contributed by atoms with Crippen LogP contribution in [0.4, 0.5) is 11.6 Å². The van der Waals surface area contributed by atoms with Gasteiger partial charge in [0.25, 0.3) is 0 Å². The summed E-state index contributed by atoms with van der Waals surface area (Å²) >= 11 is 1.43. The van der Waals surface area contributed by atoms with Crippen LogP contribution in [0.1, 0.15) is 6.42 Å². The first kappa shape index (κ1) is 11.0. The number of hydrogen-bond acceptors (Lipinski definition) is 6. The Bertz CT molecular complexity index is 411. The third-order valence-electron chi connectivity index (χ3n) is 2.24. The van der Waals surface area contributed by atoms with Gasteiger partial charge >= 0.3 is 0 Å². The van der Waals surface area contributed by atoms with Crippen molar-refractivity contribution in [3.05, 3.63) is 6.07 Å². The molecule has 0 aliphatic carbocycles. The zero-order chi connectivity index (χ0) is 11.5. The predicted molar refractivity (Wildman–Crippen MR) is 63.3 cm³/mol. The highest BCUT2D eigenvalue weighted by Crippen LogP contribution is 2.17. The van der Waals surface area contributed by atoms with Crippen molar-refractivity contribution in [3.63, 3.8) is 0 Å². The van der Waals surface area contributed by atoms with E-state index in [1.807, 2.05) is 6.26 Å². The zero-order valence-corrected chi connectivity index (χ0v) is 9.67. The molecule has 2 heterocycles. The van der Waals surface area contributed by atoms with Crippen LogP contribution in [-0.2, 0) is 4.79 Å². The maximum Gasteiger partial charge on any atom is 0.222 e.